The van der Waals surface area contributed by atoms with Crippen molar-refractivity contribution in [3.05, 3.63) is 18.0 Å². The van der Waals surface area contributed by atoms with Crippen molar-refractivity contribution in [3.63, 3.8) is 0 Å². The Morgan fingerprint density at radius 1 is 1.40 bits per heavy atom. The van der Waals surface area contributed by atoms with E-state index in [1.807, 2.05) is 26.1 Å². The molecule has 0 bridgehead atoms. The van der Waals surface area contributed by atoms with Crippen LogP contribution in [-0.2, 0) is 0 Å². The number of pyridine rings is 1. The highest BCUT2D eigenvalue weighted by atomic mass is 16.5. The number of nitrogens with one attached hydrogen (secondary N) is 2. The van der Waals surface area contributed by atoms with Gasteiger partial charge >= 0.3 is 0 Å². The van der Waals surface area contributed by atoms with Gasteiger partial charge in [0.2, 0.25) is 5.88 Å². The van der Waals surface area contributed by atoms with Gasteiger partial charge in [-0.05, 0) is 20.0 Å². The monoisotopic (exact) mass is 206 g/mol. The van der Waals surface area contributed by atoms with Crippen molar-refractivity contribution < 1.29 is 4.74 Å². The summed E-state index contributed by atoms with van der Waals surface area (Å²) >= 11 is 0. The second-order valence-electron chi connectivity index (χ2n) is 3.36. The fraction of sp³-hybridized carbons (Fsp3) is 0.400. The van der Waals surface area contributed by atoms with Gasteiger partial charge in [0.05, 0.1) is 18.7 Å². The first kappa shape index (κ1) is 9.92. The van der Waals surface area contributed by atoms with Crippen LogP contribution >= 0.6 is 0 Å². The predicted octanol–water partition coefficient (Wildman–Crippen LogP) is 1.25. The van der Waals surface area contributed by atoms with Crippen LogP contribution in [0.15, 0.2) is 12.1 Å². The van der Waals surface area contributed by atoms with Crippen LogP contribution in [0.5, 0.6) is 5.88 Å². The van der Waals surface area contributed by atoms with Crippen LogP contribution in [0.2, 0.25) is 0 Å². The summed E-state index contributed by atoms with van der Waals surface area (Å²) in [5.74, 6) is 1.46. The number of aromatic nitrogens is 3. The Balaban J connectivity index is 2.46. The lowest BCUT2D eigenvalue weighted by molar-refractivity contribution is 0.399. The van der Waals surface area contributed by atoms with Crippen molar-refractivity contribution in [2.75, 3.05) is 14.2 Å². The highest BCUT2D eigenvalue weighted by Gasteiger charge is 2.09. The molecule has 2 aromatic heterocycles. The Morgan fingerprint density at radius 2 is 2.20 bits per heavy atom. The average molecular weight is 206 g/mol. The zero-order valence-electron chi connectivity index (χ0n) is 9.03. The minimum atomic E-state index is 0.185. The molecule has 0 radical (unpaired) electrons. The standard InChI is InChI=1S/C10H14N4O/c1-6(11-2)9-12-7-4-5-8(15-3)13-10(7)14-9/h4-6,11H,1-3H3,(H,12,13,14). The van der Waals surface area contributed by atoms with Crippen molar-refractivity contribution in [2.45, 2.75) is 13.0 Å². The third-order valence-electron chi connectivity index (χ3n) is 2.39. The molecule has 15 heavy (non-hydrogen) atoms. The summed E-state index contributed by atoms with van der Waals surface area (Å²) in [6.45, 7) is 2.04. The first-order valence-corrected chi connectivity index (χ1v) is 4.82. The number of hydrogen-bond donors (Lipinski definition) is 2. The summed E-state index contributed by atoms with van der Waals surface area (Å²) in [5, 5.41) is 3.12. The summed E-state index contributed by atoms with van der Waals surface area (Å²) in [5.41, 5.74) is 1.61. The maximum atomic E-state index is 5.04. The van der Waals surface area contributed by atoms with Gasteiger partial charge in [0.25, 0.3) is 0 Å². The van der Waals surface area contributed by atoms with Crippen LogP contribution in [0.4, 0.5) is 0 Å². The maximum absolute atomic E-state index is 5.04. The van der Waals surface area contributed by atoms with Gasteiger partial charge in [0.1, 0.15) is 5.82 Å². The molecule has 5 heteroatoms. The Bertz CT molecular complexity index is 465. The fourth-order valence-corrected chi connectivity index (χ4v) is 1.35. The van der Waals surface area contributed by atoms with E-state index in [0.717, 1.165) is 11.3 Å². The number of ether oxygens (including phenoxy) is 1. The van der Waals surface area contributed by atoms with Crippen LogP contribution in [0.25, 0.3) is 11.2 Å². The minimum Gasteiger partial charge on any atom is -0.481 e. The highest BCUT2D eigenvalue weighted by molar-refractivity contribution is 5.71. The summed E-state index contributed by atoms with van der Waals surface area (Å²) in [6.07, 6.45) is 0. The van der Waals surface area contributed by atoms with E-state index in [-0.39, 0.29) is 6.04 Å². The quantitative estimate of drug-likeness (QED) is 0.793. The highest BCUT2D eigenvalue weighted by Crippen LogP contribution is 2.16. The number of methoxy groups -OCH3 is 1. The minimum absolute atomic E-state index is 0.185. The normalized spacial score (nSPS) is 13.0. The Morgan fingerprint density at radius 3 is 2.87 bits per heavy atom. The van der Waals surface area contributed by atoms with Gasteiger partial charge in [-0.3, -0.25) is 0 Å². The molecule has 0 saturated carbocycles. The molecule has 1 unspecified atom stereocenters. The number of aromatic amines is 1. The fourth-order valence-electron chi connectivity index (χ4n) is 1.35. The summed E-state index contributed by atoms with van der Waals surface area (Å²) in [6, 6.07) is 3.92. The SMILES string of the molecule is CNC(C)c1nc2nc(OC)ccc2[nH]1. The smallest absolute Gasteiger partial charge is 0.215 e. The molecule has 2 N–H and O–H groups in total. The first-order chi connectivity index (χ1) is 7.24. The van der Waals surface area contributed by atoms with Crippen molar-refractivity contribution >= 4 is 11.2 Å². The number of nitrogens with zero attached hydrogens (tertiary/aromatic N) is 2. The van der Waals surface area contributed by atoms with E-state index in [4.69, 9.17) is 4.74 Å². The van der Waals surface area contributed by atoms with E-state index in [1.54, 1.807) is 7.11 Å². The molecule has 2 rings (SSSR count). The predicted molar refractivity (Wildman–Crippen MR) is 57.9 cm³/mol. The van der Waals surface area contributed by atoms with E-state index in [0.29, 0.717) is 11.5 Å². The zero-order valence-corrected chi connectivity index (χ0v) is 9.03. The Hall–Kier alpha value is -1.62. The molecule has 0 saturated heterocycles. The van der Waals surface area contributed by atoms with Crippen LogP contribution < -0.4 is 10.1 Å². The number of imidazole rings is 1. The molecular weight excluding hydrogens is 192 g/mol. The van der Waals surface area contributed by atoms with Gasteiger partial charge in [-0.2, -0.15) is 4.98 Å². The molecule has 80 valence electrons. The molecule has 2 aromatic rings. The van der Waals surface area contributed by atoms with Gasteiger partial charge in [-0.25, -0.2) is 4.98 Å². The first-order valence-electron chi connectivity index (χ1n) is 4.82. The van der Waals surface area contributed by atoms with Crippen molar-refractivity contribution in [1.29, 1.82) is 0 Å². The number of hydrogen-bond acceptors (Lipinski definition) is 4. The molecular formula is C10H14N4O. The molecule has 0 aromatic carbocycles. The van der Waals surface area contributed by atoms with Gasteiger partial charge < -0.3 is 15.0 Å². The summed E-state index contributed by atoms with van der Waals surface area (Å²) in [4.78, 5) is 11.8. The van der Waals surface area contributed by atoms with Crippen molar-refractivity contribution in [2.24, 2.45) is 0 Å². The lowest BCUT2D eigenvalue weighted by atomic mass is 10.3. The molecule has 0 aliphatic rings. The molecule has 0 aliphatic heterocycles. The van der Waals surface area contributed by atoms with E-state index in [9.17, 15) is 0 Å². The van der Waals surface area contributed by atoms with Crippen molar-refractivity contribution in [3.8, 4) is 5.88 Å². The van der Waals surface area contributed by atoms with Gasteiger partial charge in [0.15, 0.2) is 5.65 Å². The molecule has 0 spiro atoms. The second kappa shape index (κ2) is 3.86. The van der Waals surface area contributed by atoms with E-state index >= 15 is 0 Å². The second-order valence-corrected chi connectivity index (χ2v) is 3.36. The Kier molecular flexibility index (Phi) is 2.55. The van der Waals surface area contributed by atoms with E-state index in [2.05, 4.69) is 20.3 Å². The molecule has 5 nitrogen and oxygen atoms in total. The van der Waals surface area contributed by atoms with Crippen LogP contribution in [0, 0.1) is 0 Å². The van der Waals surface area contributed by atoms with Crippen LogP contribution in [0.3, 0.4) is 0 Å². The zero-order chi connectivity index (χ0) is 10.8. The molecule has 1 atom stereocenters. The largest absolute Gasteiger partial charge is 0.481 e. The average Bonchev–Trinajstić information content (AvgIpc) is 2.70. The Labute approximate surface area is 87.9 Å². The lowest BCUT2D eigenvalue weighted by Gasteiger charge is -2.04. The van der Waals surface area contributed by atoms with Crippen molar-refractivity contribution in [1.82, 2.24) is 20.3 Å². The topological polar surface area (TPSA) is 62.8 Å². The molecule has 0 aliphatic carbocycles. The van der Waals surface area contributed by atoms with Gasteiger partial charge in [-0.15, -0.1) is 0 Å². The van der Waals surface area contributed by atoms with Gasteiger partial charge in [-0.1, -0.05) is 0 Å². The van der Waals surface area contributed by atoms with E-state index in [1.165, 1.54) is 0 Å². The number of fused-ring (bicyclic) bond motifs is 1. The van der Waals surface area contributed by atoms with E-state index < -0.39 is 0 Å². The summed E-state index contributed by atoms with van der Waals surface area (Å²) < 4.78 is 5.04. The van der Waals surface area contributed by atoms with Crippen LogP contribution in [-0.4, -0.2) is 29.1 Å². The van der Waals surface area contributed by atoms with Crippen LogP contribution in [0.1, 0.15) is 18.8 Å². The number of H-pyrrole nitrogens is 1. The third-order valence-corrected chi connectivity index (χ3v) is 2.39. The molecule has 0 amide bonds. The molecule has 2 heterocycles. The molecule has 0 fully saturated rings. The van der Waals surface area contributed by atoms with Gasteiger partial charge in [0, 0.05) is 6.07 Å². The third kappa shape index (κ3) is 1.78. The number of rotatable bonds is 3. The maximum Gasteiger partial charge on any atom is 0.215 e. The summed E-state index contributed by atoms with van der Waals surface area (Å²) in [7, 11) is 3.49. The lowest BCUT2D eigenvalue weighted by Crippen LogP contribution is -2.13.